The summed E-state index contributed by atoms with van der Waals surface area (Å²) in [7, 11) is -2.07. The Hall–Kier alpha value is -0.713. The maximum Gasteiger partial charge on any atom is 0.193 e. The largest absolute Gasteiger partial charge is 0.407 e. The van der Waals surface area contributed by atoms with Crippen molar-refractivity contribution < 1.29 is 14.3 Å². The smallest absolute Gasteiger partial charge is 0.193 e. The van der Waals surface area contributed by atoms with E-state index in [1.807, 2.05) is 13.8 Å². The Morgan fingerprint density at radius 2 is 1.92 bits per heavy atom. The number of allylic oxidation sites excluding steroid dienone is 2. The van der Waals surface area contributed by atoms with Crippen LogP contribution in [0.5, 0.6) is 0 Å². The Balaban J connectivity index is 2.53. The summed E-state index contributed by atoms with van der Waals surface area (Å²) >= 11 is 0. The van der Waals surface area contributed by atoms with E-state index in [2.05, 4.69) is 59.0 Å². The van der Waals surface area contributed by atoms with Gasteiger partial charge in [0.1, 0.15) is 6.29 Å². The molecule has 2 rings (SSSR count). The van der Waals surface area contributed by atoms with Crippen LogP contribution in [-0.4, -0.2) is 31.4 Å². The van der Waals surface area contributed by atoms with Gasteiger partial charge in [-0.2, -0.15) is 0 Å². The summed E-state index contributed by atoms with van der Waals surface area (Å²) in [5.74, 6) is 0.128. The summed E-state index contributed by atoms with van der Waals surface area (Å²) in [6.45, 7) is 17.1. The minimum absolute atomic E-state index is 0.0590. The average Bonchev–Trinajstić information content (AvgIpc) is 2.41. The minimum atomic E-state index is -2.07. The van der Waals surface area contributed by atoms with Crippen LogP contribution in [0, 0.1) is 17.3 Å². The van der Waals surface area contributed by atoms with Crippen molar-refractivity contribution in [1.29, 1.82) is 0 Å². The first-order valence-corrected chi connectivity index (χ1v) is 11.9. The molecule has 136 valence electrons. The summed E-state index contributed by atoms with van der Waals surface area (Å²) in [4.78, 5) is 12.3. The van der Waals surface area contributed by atoms with Crippen LogP contribution in [0.25, 0.3) is 0 Å². The summed E-state index contributed by atoms with van der Waals surface area (Å²) in [5.41, 5.74) is -0.406. The molecular weight excluding hydrogens is 316 g/mol. The van der Waals surface area contributed by atoms with Crippen LogP contribution in [-0.2, 0) is 9.22 Å². The zero-order chi connectivity index (χ0) is 18.6. The van der Waals surface area contributed by atoms with Gasteiger partial charge in [0.05, 0.1) is 17.1 Å². The highest BCUT2D eigenvalue weighted by molar-refractivity contribution is 6.74. The summed E-state index contributed by atoms with van der Waals surface area (Å²) in [5, 5.41) is 10.8. The molecule has 0 aromatic rings. The van der Waals surface area contributed by atoms with Gasteiger partial charge in [0.25, 0.3) is 0 Å². The molecule has 0 saturated carbocycles. The molecule has 0 radical (unpaired) electrons. The molecule has 0 amide bonds. The maximum absolute atomic E-state index is 12.3. The van der Waals surface area contributed by atoms with Crippen LogP contribution in [0.1, 0.15) is 48.0 Å². The first-order valence-electron chi connectivity index (χ1n) is 9.03. The van der Waals surface area contributed by atoms with Crippen molar-refractivity contribution in [3.05, 3.63) is 23.8 Å². The van der Waals surface area contributed by atoms with E-state index in [0.717, 1.165) is 11.9 Å². The average molecular weight is 351 g/mol. The third kappa shape index (κ3) is 2.97. The van der Waals surface area contributed by atoms with E-state index in [0.29, 0.717) is 12.3 Å². The fraction of sp³-hybridized carbons (Fsp3) is 0.750. The Morgan fingerprint density at radius 1 is 1.33 bits per heavy atom. The zero-order valence-electron chi connectivity index (χ0n) is 16.5. The first kappa shape index (κ1) is 19.6. The molecule has 0 fully saturated rings. The molecule has 24 heavy (non-hydrogen) atoms. The summed E-state index contributed by atoms with van der Waals surface area (Å²) in [6.07, 6.45) is 7.52. The third-order valence-electron chi connectivity index (χ3n) is 6.66. The van der Waals surface area contributed by atoms with E-state index >= 15 is 0 Å². The second kappa shape index (κ2) is 5.92. The molecule has 0 heterocycles. The van der Waals surface area contributed by atoms with Gasteiger partial charge in [0.2, 0.25) is 0 Å². The molecule has 0 aromatic heterocycles. The SMILES string of the molecule is C[C@@H]1C=C2C=C[C@@](C)(O[Si](C)(C)C(C)(C)C)[C@](C)(C=O)[C@H]2[C@H](O)C1. The number of aldehydes is 1. The van der Waals surface area contributed by atoms with Gasteiger partial charge >= 0.3 is 0 Å². The number of aliphatic hydroxyl groups is 1. The third-order valence-corrected chi connectivity index (χ3v) is 11.2. The molecule has 2 aliphatic rings. The highest BCUT2D eigenvalue weighted by Crippen LogP contribution is 2.54. The van der Waals surface area contributed by atoms with E-state index in [-0.39, 0.29) is 11.0 Å². The Bertz CT molecular complexity index is 572. The standard InChI is InChI=1S/C20H34O3Si/c1-14-11-15-9-10-20(6,23-24(7,8)18(2,3)4)19(5,13-21)17(15)16(22)12-14/h9-11,13-14,16-17,22H,12H2,1-8H3/t14-,16-,17-,19-,20-/m1/s1. The van der Waals surface area contributed by atoms with Gasteiger partial charge in [-0.25, -0.2) is 0 Å². The summed E-state index contributed by atoms with van der Waals surface area (Å²) in [6, 6.07) is 0. The molecule has 5 atom stereocenters. The molecule has 0 spiro atoms. The van der Waals surface area contributed by atoms with Gasteiger partial charge in [0, 0.05) is 5.92 Å². The topological polar surface area (TPSA) is 46.5 Å². The lowest BCUT2D eigenvalue weighted by molar-refractivity contribution is -0.136. The number of carbonyl (C=O) groups is 1. The van der Waals surface area contributed by atoms with Crippen LogP contribution in [0.15, 0.2) is 23.8 Å². The second-order valence-electron chi connectivity index (χ2n) is 9.63. The van der Waals surface area contributed by atoms with Crippen molar-refractivity contribution in [2.45, 2.75) is 77.8 Å². The van der Waals surface area contributed by atoms with Crippen LogP contribution in [0.2, 0.25) is 18.1 Å². The van der Waals surface area contributed by atoms with E-state index < -0.39 is 25.4 Å². The Labute approximate surface area is 148 Å². The quantitative estimate of drug-likeness (QED) is 0.603. The fourth-order valence-corrected chi connectivity index (χ4v) is 5.56. The molecule has 0 unspecified atom stereocenters. The molecule has 4 heteroatoms. The molecule has 0 aromatic carbocycles. The Morgan fingerprint density at radius 3 is 2.42 bits per heavy atom. The molecule has 3 nitrogen and oxygen atoms in total. The zero-order valence-corrected chi connectivity index (χ0v) is 17.5. The van der Waals surface area contributed by atoms with Crippen molar-refractivity contribution in [3.63, 3.8) is 0 Å². The lowest BCUT2D eigenvalue weighted by Crippen LogP contribution is -2.61. The first-order chi connectivity index (χ1) is 10.8. The van der Waals surface area contributed by atoms with Crippen LogP contribution >= 0.6 is 0 Å². The van der Waals surface area contributed by atoms with Crippen LogP contribution in [0.4, 0.5) is 0 Å². The molecule has 2 aliphatic carbocycles. The van der Waals surface area contributed by atoms with Gasteiger partial charge in [0.15, 0.2) is 8.32 Å². The normalized spacial score (nSPS) is 40.0. The van der Waals surface area contributed by atoms with Gasteiger partial charge < -0.3 is 14.3 Å². The predicted molar refractivity (Wildman–Crippen MR) is 101 cm³/mol. The van der Waals surface area contributed by atoms with E-state index in [1.54, 1.807) is 0 Å². The highest BCUT2D eigenvalue weighted by atomic mass is 28.4. The van der Waals surface area contributed by atoms with Crippen molar-refractivity contribution in [3.8, 4) is 0 Å². The molecular formula is C20H34O3Si. The second-order valence-corrected chi connectivity index (χ2v) is 14.4. The van der Waals surface area contributed by atoms with Gasteiger partial charge in [-0.3, -0.25) is 0 Å². The minimum Gasteiger partial charge on any atom is -0.407 e. The van der Waals surface area contributed by atoms with Crippen molar-refractivity contribution in [2.75, 3.05) is 0 Å². The highest BCUT2D eigenvalue weighted by Gasteiger charge is 2.58. The molecule has 0 saturated heterocycles. The number of carbonyl (C=O) groups excluding carboxylic acids is 1. The van der Waals surface area contributed by atoms with Crippen molar-refractivity contribution >= 4 is 14.6 Å². The van der Waals surface area contributed by atoms with Crippen molar-refractivity contribution in [2.24, 2.45) is 17.3 Å². The van der Waals surface area contributed by atoms with E-state index in [1.165, 1.54) is 0 Å². The predicted octanol–water partition coefficient (Wildman–Crippen LogP) is 4.49. The van der Waals surface area contributed by atoms with Crippen LogP contribution < -0.4 is 0 Å². The lowest BCUT2D eigenvalue weighted by Gasteiger charge is -2.55. The lowest BCUT2D eigenvalue weighted by atomic mass is 9.57. The van der Waals surface area contributed by atoms with Gasteiger partial charge in [-0.1, -0.05) is 45.9 Å². The molecule has 0 aliphatic heterocycles. The van der Waals surface area contributed by atoms with Crippen LogP contribution in [0.3, 0.4) is 0 Å². The maximum atomic E-state index is 12.3. The fourth-order valence-electron chi connectivity index (χ4n) is 3.91. The molecule has 0 bridgehead atoms. The number of rotatable bonds is 3. The number of fused-ring (bicyclic) bond motifs is 1. The van der Waals surface area contributed by atoms with Gasteiger partial charge in [-0.15, -0.1) is 0 Å². The summed E-state index contributed by atoms with van der Waals surface area (Å²) < 4.78 is 6.74. The van der Waals surface area contributed by atoms with Gasteiger partial charge in [-0.05, 0) is 49.9 Å². The Kier molecular flexibility index (Phi) is 4.84. The number of hydrogen-bond donors (Lipinski definition) is 1. The monoisotopic (exact) mass is 350 g/mol. The number of hydrogen-bond acceptors (Lipinski definition) is 3. The van der Waals surface area contributed by atoms with E-state index in [9.17, 15) is 9.90 Å². The van der Waals surface area contributed by atoms with Crippen molar-refractivity contribution in [1.82, 2.24) is 0 Å². The van der Waals surface area contributed by atoms with E-state index in [4.69, 9.17) is 4.43 Å². The molecule has 1 N–H and O–H groups in total. The number of aliphatic hydroxyl groups excluding tert-OH is 1.